The molecule has 122 valence electrons. The minimum Gasteiger partial charge on any atom is -0.497 e. The fraction of sp³-hybridized carbons (Fsp3) is 0.150. The van der Waals surface area contributed by atoms with Crippen molar-refractivity contribution in [2.24, 2.45) is 0 Å². The van der Waals surface area contributed by atoms with Crippen molar-refractivity contribution in [3.8, 4) is 11.5 Å². The molecule has 0 aliphatic rings. The monoisotopic (exact) mass is 321 g/mol. The van der Waals surface area contributed by atoms with E-state index in [1.54, 1.807) is 7.11 Å². The maximum atomic E-state index is 12.1. The standard InChI is InChI=1S/C20H19NO3/c1-23-16-9-11-17(12-10-16)24-14-13-20(22)21-19-8-4-6-15-5-2-3-7-18(15)19/h2-12H,13-14H2,1H3,(H,21,22). The van der Waals surface area contributed by atoms with E-state index in [-0.39, 0.29) is 12.3 Å². The molecule has 0 spiro atoms. The Labute approximate surface area is 141 Å². The number of methoxy groups -OCH3 is 1. The Balaban J connectivity index is 1.55. The molecule has 3 rings (SSSR count). The Morgan fingerprint density at radius 1 is 0.917 bits per heavy atom. The quantitative estimate of drug-likeness (QED) is 0.738. The van der Waals surface area contributed by atoms with Gasteiger partial charge in [-0.3, -0.25) is 4.79 Å². The van der Waals surface area contributed by atoms with Crippen LogP contribution in [0.4, 0.5) is 5.69 Å². The summed E-state index contributed by atoms with van der Waals surface area (Å²) in [6.07, 6.45) is 0.287. The van der Waals surface area contributed by atoms with Crippen LogP contribution in [0.25, 0.3) is 10.8 Å². The molecular weight excluding hydrogens is 302 g/mol. The molecule has 1 amide bonds. The van der Waals surface area contributed by atoms with Gasteiger partial charge in [-0.2, -0.15) is 0 Å². The third-order valence-electron chi connectivity index (χ3n) is 3.72. The number of anilines is 1. The average molecular weight is 321 g/mol. The average Bonchev–Trinajstić information content (AvgIpc) is 2.63. The molecule has 4 nitrogen and oxygen atoms in total. The zero-order valence-electron chi connectivity index (χ0n) is 13.5. The Bertz CT molecular complexity index is 822. The topological polar surface area (TPSA) is 47.6 Å². The molecule has 3 aromatic rings. The lowest BCUT2D eigenvalue weighted by Crippen LogP contribution is -2.15. The first kappa shape index (κ1) is 15.9. The van der Waals surface area contributed by atoms with Crippen LogP contribution in [-0.2, 0) is 4.79 Å². The summed E-state index contributed by atoms with van der Waals surface area (Å²) >= 11 is 0. The molecule has 0 bridgehead atoms. The second-order valence-electron chi connectivity index (χ2n) is 5.35. The third kappa shape index (κ3) is 3.84. The van der Waals surface area contributed by atoms with E-state index in [1.165, 1.54) is 0 Å². The highest BCUT2D eigenvalue weighted by molar-refractivity contribution is 6.02. The van der Waals surface area contributed by atoms with Crippen LogP contribution in [0, 0.1) is 0 Å². The Kier molecular flexibility index (Phi) is 4.96. The number of fused-ring (bicyclic) bond motifs is 1. The zero-order chi connectivity index (χ0) is 16.8. The first-order chi connectivity index (χ1) is 11.8. The highest BCUT2D eigenvalue weighted by Gasteiger charge is 2.06. The third-order valence-corrected chi connectivity index (χ3v) is 3.72. The van der Waals surface area contributed by atoms with E-state index in [1.807, 2.05) is 66.7 Å². The highest BCUT2D eigenvalue weighted by atomic mass is 16.5. The van der Waals surface area contributed by atoms with Gasteiger partial charge in [0, 0.05) is 11.1 Å². The van der Waals surface area contributed by atoms with Crippen LogP contribution < -0.4 is 14.8 Å². The first-order valence-electron chi connectivity index (χ1n) is 7.81. The Morgan fingerprint density at radius 2 is 1.62 bits per heavy atom. The highest BCUT2D eigenvalue weighted by Crippen LogP contribution is 2.23. The van der Waals surface area contributed by atoms with Crippen LogP contribution in [0.5, 0.6) is 11.5 Å². The lowest BCUT2D eigenvalue weighted by Gasteiger charge is -2.10. The smallest absolute Gasteiger partial charge is 0.227 e. The molecular formula is C20H19NO3. The molecule has 3 aromatic carbocycles. The van der Waals surface area contributed by atoms with Crippen molar-refractivity contribution in [1.29, 1.82) is 0 Å². The molecule has 0 aliphatic heterocycles. The van der Waals surface area contributed by atoms with Crippen LogP contribution in [0.2, 0.25) is 0 Å². The summed E-state index contributed by atoms with van der Waals surface area (Å²) in [4.78, 5) is 12.1. The zero-order valence-corrected chi connectivity index (χ0v) is 13.5. The van der Waals surface area contributed by atoms with E-state index in [4.69, 9.17) is 9.47 Å². The van der Waals surface area contributed by atoms with Gasteiger partial charge in [0.05, 0.1) is 20.1 Å². The molecule has 0 heterocycles. The second kappa shape index (κ2) is 7.51. The summed E-state index contributed by atoms with van der Waals surface area (Å²) in [5, 5.41) is 5.08. The van der Waals surface area contributed by atoms with E-state index in [9.17, 15) is 4.79 Å². The lowest BCUT2D eigenvalue weighted by molar-refractivity contribution is -0.116. The van der Waals surface area contributed by atoms with Gasteiger partial charge in [0.15, 0.2) is 0 Å². The first-order valence-corrected chi connectivity index (χ1v) is 7.81. The fourth-order valence-electron chi connectivity index (χ4n) is 2.48. The maximum Gasteiger partial charge on any atom is 0.227 e. The van der Waals surface area contributed by atoms with Gasteiger partial charge in [-0.25, -0.2) is 0 Å². The number of carbonyl (C=O) groups is 1. The maximum absolute atomic E-state index is 12.1. The molecule has 24 heavy (non-hydrogen) atoms. The number of rotatable bonds is 6. The van der Waals surface area contributed by atoms with Gasteiger partial charge in [0.1, 0.15) is 11.5 Å². The van der Waals surface area contributed by atoms with Gasteiger partial charge in [-0.05, 0) is 35.7 Å². The number of carbonyl (C=O) groups excluding carboxylic acids is 1. The number of hydrogen-bond acceptors (Lipinski definition) is 3. The van der Waals surface area contributed by atoms with Crippen LogP contribution >= 0.6 is 0 Å². The van der Waals surface area contributed by atoms with Gasteiger partial charge < -0.3 is 14.8 Å². The number of ether oxygens (including phenoxy) is 2. The van der Waals surface area contributed by atoms with Crippen LogP contribution in [0.15, 0.2) is 66.7 Å². The van der Waals surface area contributed by atoms with Gasteiger partial charge in [0.25, 0.3) is 0 Å². The molecule has 0 fully saturated rings. The molecule has 1 N–H and O–H groups in total. The SMILES string of the molecule is COc1ccc(OCCC(=O)Nc2cccc3ccccc23)cc1. The number of benzene rings is 3. The van der Waals surface area contributed by atoms with E-state index >= 15 is 0 Å². The molecule has 0 unspecified atom stereocenters. The summed E-state index contributed by atoms with van der Waals surface area (Å²) in [5.74, 6) is 1.42. The molecule has 0 aromatic heterocycles. The van der Waals surface area contributed by atoms with Gasteiger partial charge in [-0.1, -0.05) is 36.4 Å². The summed E-state index contributed by atoms with van der Waals surface area (Å²) in [6, 6.07) is 21.1. The minimum absolute atomic E-state index is 0.0696. The van der Waals surface area contributed by atoms with Crippen molar-refractivity contribution in [3.63, 3.8) is 0 Å². The molecule has 0 aliphatic carbocycles. The number of nitrogens with one attached hydrogen (secondary N) is 1. The summed E-state index contributed by atoms with van der Waals surface area (Å²) < 4.78 is 10.7. The summed E-state index contributed by atoms with van der Waals surface area (Å²) in [6.45, 7) is 0.322. The van der Waals surface area contributed by atoms with Crippen LogP contribution in [-0.4, -0.2) is 19.6 Å². The van der Waals surface area contributed by atoms with Crippen molar-refractivity contribution in [2.75, 3.05) is 19.0 Å². The second-order valence-corrected chi connectivity index (χ2v) is 5.35. The predicted molar refractivity (Wildman–Crippen MR) is 95.7 cm³/mol. The summed E-state index contributed by atoms with van der Waals surface area (Å²) in [5.41, 5.74) is 0.822. The molecule has 0 atom stereocenters. The van der Waals surface area contributed by atoms with Crippen molar-refractivity contribution >= 4 is 22.4 Å². The Morgan fingerprint density at radius 3 is 2.42 bits per heavy atom. The Hall–Kier alpha value is -3.01. The number of hydrogen-bond donors (Lipinski definition) is 1. The normalized spacial score (nSPS) is 10.4. The van der Waals surface area contributed by atoms with Gasteiger partial charge in [0.2, 0.25) is 5.91 Å². The van der Waals surface area contributed by atoms with E-state index < -0.39 is 0 Å². The van der Waals surface area contributed by atoms with E-state index in [2.05, 4.69) is 5.32 Å². The lowest BCUT2D eigenvalue weighted by atomic mass is 10.1. The predicted octanol–water partition coefficient (Wildman–Crippen LogP) is 4.26. The molecule has 4 heteroatoms. The molecule has 0 radical (unpaired) electrons. The molecule has 0 saturated heterocycles. The van der Waals surface area contributed by atoms with Crippen LogP contribution in [0.3, 0.4) is 0 Å². The van der Waals surface area contributed by atoms with E-state index in [0.717, 1.165) is 22.2 Å². The number of amides is 1. The largest absolute Gasteiger partial charge is 0.497 e. The van der Waals surface area contributed by atoms with Gasteiger partial charge in [-0.15, -0.1) is 0 Å². The van der Waals surface area contributed by atoms with Crippen molar-refractivity contribution in [3.05, 3.63) is 66.7 Å². The fourth-order valence-corrected chi connectivity index (χ4v) is 2.48. The van der Waals surface area contributed by atoms with E-state index in [0.29, 0.717) is 12.4 Å². The van der Waals surface area contributed by atoms with Crippen molar-refractivity contribution < 1.29 is 14.3 Å². The van der Waals surface area contributed by atoms with Crippen molar-refractivity contribution in [1.82, 2.24) is 0 Å². The molecule has 0 saturated carbocycles. The van der Waals surface area contributed by atoms with Crippen LogP contribution in [0.1, 0.15) is 6.42 Å². The van der Waals surface area contributed by atoms with Gasteiger partial charge >= 0.3 is 0 Å². The minimum atomic E-state index is -0.0696. The van der Waals surface area contributed by atoms with Crippen molar-refractivity contribution in [2.45, 2.75) is 6.42 Å². The summed E-state index contributed by atoms with van der Waals surface area (Å²) in [7, 11) is 1.62.